The third-order valence-corrected chi connectivity index (χ3v) is 8.09. The molecule has 8 heteroatoms. The van der Waals surface area contributed by atoms with Crippen LogP contribution >= 0.6 is 0 Å². The third-order valence-electron chi connectivity index (χ3n) is 6.79. The Bertz CT molecular complexity index is 1360. The molecule has 0 bridgehead atoms. The smallest absolute Gasteiger partial charge is 0.270 e. The number of carbonyl (C=O) groups excluding carboxylic acids is 1. The number of nitriles is 1. The molecule has 4 rings (SSSR count). The fourth-order valence-electron chi connectivity index (χ4n) is 4.84. The van der Waals surface area contributed by atoms with E-state index in [1.807, 2.05) is 58.2 Å². The van der Waals surface area contributed by atoms with E-state index in [9.17, 15) is 13.2 Å². The molecule has 1 aliphatic carbocycles. The maximum atomic E-state index is 13.5. The van der Waals surface area contributed by atoms with E-state index in [0.717, 1.165) is 42.6 Å². The van der Waals surface area contributed by atoms with Crippen LogP contribution in [0.2, 0.25) is 0 Å². The van der Waals surface area contributed by atoms with E-state index in [2.05, 4.69) is 0 Å². The molecule has 192 valence electrons. The summed E-state index contributed by atoms with van der Waals surface area (Å²) in [4.78, 5) is 15.5. The molecule has 37 heavy (non-hydrogen) atoms. The Balaban J connectivity index is 1.58. The standard InChI is InChI=1S/C29H31N3O4S/c1-36-26-17-13-23(14-18-26)20-32(29(33)25-7-3-2-4-8-25)19-22-11-15-24(16-12-22)27-9-5-6-10-28(27)37(34,35)31-21-30/h5-6,9-18,25,31H,2-4,7-8,19-20H2,1H3. The molecule has 7 nitrogen and oxygen atoms in total. The van der Waals surface area contributed by atoms with Crippen molar-refractivity contribution in [1.29, 1.82) is 5.26 Å². The SMILES string of the molecule is COc1ccc(CN(Cc2ccc(-c3ccccc3S(=O)(=O)NC#N)cc2)C(=O)C2CCCCC2)cc1. The lowest BCUT2D eigenvalue weighted by Gasteiger charge is -2.30. The molecule has 0 aromatic heterocycles. The molecular weight excluding hydrogens is 486 g/mol. The molecule has 1 aliphatic rings. The van der Waals surface area contributed by atoms with Crippen LogP contribution in [0, 0.1) is 17.4 Å². The monoisotopic (exact) mass is 517 g/mol. The third kappa shape index (κ3) is 6.49. The fraction of sp³-hybridized carbons (Fsp3) is 0.310. The van der Waals surface area contributed by atoms with Gasteiger partial charge in [0.2, 0.25) is 5.91 Å². The summed E-state index contributed by atoms with van der Waals surface area (Å²) in [6.07, 6.45) is 6.72. The largest absolute Gasteiger partial charge is 0.497 e. The van der Waals surface area contributed by atoms with Crippen molar-refractivity contribution in [2.45, 2.75) is 50.1 Å². The topological polar surface area (TPSA) is 99.5 Å². The van der Waals surface area contributed by atoms with Crippen LogP contribution in [0.15, 0.2) is 77.7 Å². The Labute approximate surface area is 218 Å². The second kappa shape index (κ2) is 11.9. The van der Waals surface area contributed by atoms with Crippen molar-refractivity contribution in [2.24, 2.45) is 5.92 Å². The van der Waals surface area contributed by atoms with E-state index in [1.54, 1.807) is 25.3 Å². The highest BCUT2D eigenvalue weighted by Gasteiger charge is 2.26. The van der Waals surface area contributed by atoms with E-state index >= 15 is 0 Å². The molecule has 0 aliphatic heterocycles. The summed E-state index contributed by atoms with van der Waals surface area (Å²) in [6.45, 7) is 0.958. The maximum Gasteiger partial charge on any atom is 0.270 e. The second-order valence-electron chi connectivity index (χ2n) is 9.29. The average molecular weight is 518 g/mol. The molecule has 0 atom stereocenters. The van der Waals surface area contributed by atoms with Gasteiger partial charge in [0.15, 0.2) is 6.19 Å². The molecule has 3 aromatic carbocycles. The molecule has 0 saturated heterocycles. The summed E-state index contributed by atoms with van der Waals surface area (Å²) in [6, 6.07) is 21.9. The number of nitrogens with zero attached hydrogens (tertiary/aromatic N) is 2. The maximum absolute atomic E-state index is 13.5. The highest BCUT2D eigenvalue weighted by molar-refractivity contribution is 7.89. The van der Waals surface area contributed by atoms with Crippen molar-refractivity contribution < 1.29 is 17.9 Å². The van der Waals surface area contributed by atoms with Gasteiger partial charge in [-0.3, -0.25) is 4.79 Å². The Morgan fingerprint density at radius 2 is 1.54 bits per heavy atom. The molecule has 1 N–H and O–H groups in total. The lowest BCUT2D eigenvalue weighted by atomic mass is 9.88. The Kier molecular flexibility index (Phi) is 8.47. The lowest BCUT2D eigenvalue weighted by Crippen LogP contribution is -2.36. The molecule has 0 radical (unpaired) electrons. The first-order valence-corrected chi connectivity index (χ1v) is 13.9. The minimum atomic E-state index is -3.95. The molecular formula is C29H31N3O4S. The number of benzene rings is 3. The summed E-state index contributed by atoms with van der Waals surface area (Å²) >= 11 is 0. The van der Waals surface area contributed by atoms with Crippen molar-refractivity contribution in [1.82, 2.24) is 9.62 Å². The van der Waals surface area contributed by atoms with Gasteiger partial charge >= 0.3 is 0 Å². The van der Waals surface area contributed by atoms with Crippen molar-refractivity contribution in [2.75, 3.05) is 7.11 Å². The molecule has 0 spiro atoms. The predicted octanol–water partition coefficient (Wildman–Crippen LogP) is 5.23. The van der Waals surface area contributed by atoms with Crippen LogP contribution < -0.4 is 9.46 Å². The van der Waals surface area contributed by atoms with Crippen molar-refractivity contribution in [3.05, 3.63) is 83.9 Å². The van der Waals surface area contributed by atoms with Gasteiger partial charge in [0.25, 0.3) is 10.0 Å². The number of ether oxygens (including phenoxy) is 1. The van der Waals surface area contributed by atoms with E-state index in [-0.39, 0.29) is 16.7 Å². The minimum Gasteiger partial charge on any atom is -0.497 e. The molecule has 0 heterocycles. The van der Waals surface area contributed by atoms with Crippen LogP contribution in [0.25, 0.3) is 11.1 Å². The van der Waals surface area contributed by atoms with E-state index in [0.29, 0.717) is 24.2 Å². The number of rotatable bonds is 9. The minimum absolute atomic E-state index is 0.0397. The first kappa shape index (κ1) is 26.2. The zero-order valence-corrected chi connectivity index (χ0v) is 21.7. The quantitative estimate of drug-likeness (QED) is 0.309. The van der Waals surface area contributed by atoms with Crippen molar-refractivity contribution >= 4 is 15.9 Å². The van der Waals surface area contributed by atoms with Gasteiger partial charge in [0.1, 0.15) is 5.75 Å². The zero-order valence-electron chi connectivity index (χ0n) is 20.9. The zero-order chi connectivity index (χ0) is 26.3. The van der Waals surface area contributed by atoms with Gasteiger partial charge in [-0.25, -0.2) is 13.1 Å². The number of methoxy groups -OCH3 is 1. The normalized spacial score (nSPS) is 13.9. The van der Waals surface area contributed by atoms with Crippen LogP contribution in [0.4, 0.5) is 0 Å². The van der Waals surface area contributed by atoms with E-state index in [1.165, 1.54) is 18.7 Å². The Hall–Kier alpha value is -3.83. The first-order chi connectivity index (χ1) is 17.9. The van der Waals surface area contributed by atoms with Gasteiger partial charge < -0.3 is 9.64 Å². The Morgan fingerprint density at radius 1 is 0.946 bits per heavy atom. The summed E-state index contributed by atoms with van der Waals surface area (Å²) in [5, 5.41) is 8.84. The van der Waals surface area contributed by atoms with Gasteiger partial charge in [-0.15, -0.1) is 0 Å². The number of hydrogen-bond donors (Lipinski definition) is 1. The van der Waals surface area contributed by atoms with Crippen molar-refractivity contribution in [3.8, 4) is 23.1 Å². The van der Waals surface area contributed by atoms with Gasteiger partial charge in [-0.05, 0) is 47.7 Å². The number of hydrogen-bond acceptors (Lipinski definition) is 5. The predicted molar refractivity (Wildman–Crippen MR) is 142 cm³/mol. The first-order valence-electron chi connectivity index (χ1n) is 12.4. The Morgan fingerprint density at radius 3 is 2.14 bits per heavy atom. The molecule has 0 unspecified atom stereocenters. The number of amides is 1. The van der Waals surface area contributed by atoms with Crippen LogP contribution in [0.1, 0.15) is 43.2 Å². The summed E-state index contributed by atoms with van der Waals surface area (Å²) in [7, 11) is -2.32. The van der Waals surface area contributed by atoms with Gasteiger partial charge in [0, 0.05) is 24.6 Å². The van der Waals surface area contributed by atoms with Crippen LogP contribution in [0.3, 0.4) is 0 Å². The summed E-state index contributed by atoms with van der Waals surface area (Å²) in [5.74, 6) is 1.01. The summed E-state index contributed by atoms with van der Waals surface area (Å²) < 4.78 is 32.1. The lowest BCUT2D eigenvalue weighted by molar-refractivity contribution is -0.137. The molecule has 1 amide bonds. The molecule has 3 aromatic rings. The fourth-order valence-corrected chi connectivity index (χ4v) is 5.80. The number of carbonyl (C=O) groups is 1. The molecule has 1 saturated carbocycles. The van der Waals surface area contributed by atoms with Crippen molar-refractivity contribution in [3.63, 3.8) is 0 Å². The average Bonchev–Trinajstić information content (AvgIpc) is 2.93. The second-order valence-corrected chi connectivity index (χ2v) is 10.9. The van der Waals surface area contributed by atoms with Gasteiger partial charge in [0.05, 0.1) is 12.0 Å². The van der Waals surface area contributed by atoms with Gasteiger partial charge in [-0.2, -0.15) is 5.26 Å². The van der Waals surface area contributed by atoms with Crippen LogP contribution in [-0.2, 0) is 27.9 Å². The number of sulfonamides is 1. The summed E-state index contributed by atoms with van der Waals surface area (Å²) in [5.41, 5.74) is 3.20. The van der Waals surface area contributed by atoms with E-state index < -0.39 is 10.0 Å². The van der Waals surface area contributed by atoms with Crippen LogP contribution in [-0.4, -0.2) is 26.3 Å². The highest BCUT2D eigenvalue weighted by atomic mass is 32.2. The highest BCUT2D eigenvalue weighted by Crippen LogP contribution is 2.29. The van der Waals surface area contributed by atoms with Crippen LogP contribution in [0.5, 0.6) is 5.75 Å². The molecule has 1 fully saturated rings. The number of nitrogens with one attached hydrogen (secondary N) is 1. The van der Waals surface area contributed by atoms with E-state index in [4.69, 9.17) is 10.00 Å². The van der Waals surface area contributed by atoms with Gasteiger partial charge in [-0.1, -0.05) is 73.9 Å².